The van der Waals surface area contributed by atoms with Crippen molar-refractivity contribution < 1.29 is 42.2 Å². The van der Waals surface area contributed by atoms with Gasteiger partial charge in [0, 0.05) is 35.2 Å². The first-order chi connectivity index (χ1) is 20.7. The van der Waals surface area contributed by atoms with E-state index in [1.54, 1.807) is 12.1 Å². The molecular formula is C31H25ClF3N3O6. The fraction of sp³-hybridized carbons (Fsp3) is 0.323. The topological polar surface area (TPSA) is 117 Å². The Morgan fingerprint density at radius 2 is 1.82 bits per heavy atom. The Labute approximate surface area is 254 Å². The van der Waals surface area contributed by atoms with E-state index in [9.17, 15) is 37.5 Å². The number of aromatic nitrogens is 1. The third kappa shape index (κ3) is 4.42. The van der Waals surface area contributed by atoms with Gasteiger partial charge in [-0.05, 0) is 62.1 Å². The van der Waals surface area contributed by atoms with E-state index in [1.165, 1.54) is 39.3 Å². The van der Waals surface area contributed by atoms with Gasteiger partial charge in [-0.25, -0.2) is 4.98 Å². The lowest BCUT2D eigenvalue weighted by molar-refractivity contribution is -0.141. The second-order valence-electron chi connectivity index (χ2n) is 11.2. The third-order valence-electron chi connectivity index (χ3n) is 8.81. The van der Waals surface area contributed by atoms with Crippen molar-refractivity contribution in [2.75, 3.05) is 19.2 Å². The number of benzene rings is 1. The van der Waals surface area contributed by atoms with Gasteiger partial charge in [0.2, 0.25) is 0 Å². The van der Waals surface area contributed by atoms with Crippen molar-refractivity contribution in [1.82, 2.24) is 9.99 Å². The van der Waals surface area contributed by atoms with E-state index < -0.39 is 59.0 Å². The molecule has 0 unspecified atom stereocenters. The number of carbonyl (C=O) groups is 4. The Morgan fingerprint density at radius 3 is 2.50 bits per heavy atom. The maximum absolute atomic E-state index is 14.1. The van der Waals surface area contributed by atoms with Gasteiger partial charge in [0.1, 0.15) is 17.2 Å². The molecule has 2 amide bonds. The van der Waals surface area contributed by atoms with Crippen molar-refractivity contribution in [3.05, 3.63) is 81.1 Å². The minimum absolute atomic E-state index is 0.0154. The number of nitrogens with zero attached hydrogens (tertiary/aromatic N) is 3. The molecule has 6 rings (SSSR count). The van der Waals surface area contributed by atoms with Crippen LogP contribution in [0.4, 0.5) is 19.0 Å². The molecule has 0 bridgehead atoms. The number of methoxy groups -OCH3 is 1. The van der Waals surface area contributed by atoms with Crippen LogP contribution < -0.4 is 9.75 Å². The van der Waals surface area contributed by atoms with Crippen molar-refractivity contribution in [2.24, 2.45) is 17.8 Å². The number of Topliss-reactive ketones (excluding diaryl/α,β-unsaturated/α-hetero) is 1. The van der Waals surface area contributed by atoms with E-state index in [1.807, 2.05) is 0 Å². The van der Waals surface area contributed by atoms with Gasteiger partial charge in [0.15, 0.2) is 17.4 Å². The van der Waals surface area contributed by atoms with Crippen molar-refractivity contribution in [2.45, 2.75) is 31.9 Å². The zero-order chi connectivity index (χ0) is 31.8. The second-order valence-corrected chi connectivity index (χ2v) is 11.6. The van der Waals surface area contributed by atoms with E-state index in [2.05, 4.69) is 4.98 Å². The summed E-state index contributed by atoms with van der Waals surface area (Å²) in [6.07, 6.45) is -1.72. The SMILES string of the molecule is COc1ccc(O)c([C@H]2C3=CC[C@@H]4C(=O)N(N(C)c5nc(C(F)(F)F)ccc5Cl)C(=O)[C@@H]4[C@@H]3CC3=C2C(=O)C=C(C)C3=O)c1. The Bertz CT molecular complexity index is 1760. The number of pyridine rings is 1. The van der Waals surface area contributed by atoms with Crippen LogP contribution in [-0.2, 0) is 25.4 Å². The number of phenolic OH excluding ortho intramolecular Hbond substituents is 1. The molecule has 4 aliphatic rings. The van der Waals surface area contributed by atoms with Crippen LogP contribution in [-0.4, -0.2) is 52.6 Å². The summed E-state index contributed by atoms with van der Waals surface area (Å²) in [6, 6.07) is 6.20. The molecule has 13 heteroatoms. The quantitative estimate of drug-likeness (QED) is 0.288. The van der Waals surface area contributed by atoms with Crippen molar-refractivity contribution in [1.29, 1.82) is 0 Å². The summed E-state index contributed by atoms with van der Waals surface area (Å²) in [5.74, 6) is -5.86. The highest BCUT2D eigenvalue weighted by Crippen LogP contribution is 2.56. The number of hydrazine groups is 1. The van der Waals surface area contributed by atoms with E-state index >= 15 is 0 Å². The molecule has 9 nitrogen and oxygen atoms in total. The fourth-order valence-electron chi connectivity index (χ4n) is 6.82. The standard InChI is InChI=1S/C31H25ClF3N3O6/c1-13-10-22(40)26-19(27(13)41)12-17-15(24(26)18-11-14(44-3)4-8-21(18)39)5-6-16-25(17)30(43)38(29(16)42)37(2)28-20(32)7-9-23(36-28)31(33,34)35/h4-5,7-11,16-17,24-25,39H,6,12H2,1-3H3/t16-,17+,24+,25-/m0/s1. The number of ketones is 2. The van der Waals surface area contributed by atoms with Crippen molar-refractivity contribution in [3.8, 4) is 11.5 Å². The largest absolute Gasteiger partial charge is 0.508 e. The smallest absolute Gasteiger partial charge is 0.433 e. The molecular weight excluding hydrogens is 603 g/mol. The van der Waals surface area contributed by atoms with Crippen LogP contribution >= 0.6 is 11.6 Å². The average Bonchev–Trinajstić information content (AvgIpc) is 3.24. The number of phenols is 1. The number of carbonyl (C=O) groups excluding carboxylic acids is 4. The predicted molar refractivity (Wildman–Crippen MR) is 150 cm³/mol. The van der Waals surface area contributed by atoms with Crippen LogP contribution in [0, 0.1) is 17.8 Å². The summed E-state index contributed by atoms with van der Waals surface area (Å²) in [4.78, 5) is 58.3. The zero-order valence-corrected chi connectivity index (χ0v) is 24.4. The van der Waals surface area contributed by atoms with E-state index in [0.29, 0.717) is 23.0 Å². The van der Waals surface area contributed by atoms with Crippen LogP contribution in [0.3, 0.4) is 0 Å². The number of ether oxygens (including phenoxy) is 1. The summed E-state index contributed by atoms with van der Waals surface area (Å²) in [7, 11) is 2.67. The molecule has 1 aromatic carbocycles. The Balaban J connectivity index is 1.45. The molecule has 1 saturated heterocycles. The van der Waals surface area contributed by atoms with Crippen LogP contribution in [0.2, 0.25) is 5.02 Å². The highest BCUT2D eigenvalue weighted by atomic mass is 35.5. The molecule has 44 heavy (non-hydrogen) atoms. The average molecular weight is 628 g/mol. The van der Waals surface area contributed by atoms with Crippen LogP contribution in [0.1, 0.15) is 36.9 Å². The number of alkyl halides is 3. The van der Waals surface area contributed by atoms with E-state index in [0.717, 1.165) is 16.1 Å². The van der Waals surface area contributed by atoms with Crippen LogP contribution in [0.5, 0.6) is 11.5 Å². The van der Waals surface area contributed by atoms with Gasteiger partial charge in [-0.15, -0.1) is 0 Å². The van der Waals surface area contributed by atoms with Gasteiger partial charge in [-0.2, -0.15) is 18.2 Å². The molecule has 228 valence electrons. The number of halogens is 4. The number of anilines is 1. The number of amides is 2. The first-order valence-electron chi connectivity index (χ1n) is 13.7. The second kappa shape index (κ2) is 10.3. The van der Waals surface area contributed by atoms with Crippen LogP contribution in [0.15, 0.2) is 64.8 Å². The lowest BCUT2D eigenvalue weighted by atomic mass is 9.59. The molecule has 1 N–H and O–H groups in total. The fourth-order valence-corrected chi connectivity index (χ4v) is 7.05. The number of fused-ring (bicyclic) bond motifs is 3. The zero-order valence-electron chi connectivity index (χ0n) is 23.6. The number of allylic oxidation sites excluding steroid dienone is 6. The summed E-state index contributed by atoms with van der Waals surface area (Å²) in [5, 5.41) is 12.4. The number of hydrogen-bond donors (Lipinski definition) is 1. The third-order valence-corrected chi connectivity index (χ3v) is 9.10. The van der Waals surface area contributed by atoms with Crippen LogP contribution in [0.25, 0.3) is 0 Å². The summed E-state index contributed by atoms with van der Waals surface area (Å²) in [6.45, 7) is 1.52. The van der Waals surface area contributed by atoms with Gasteiger partial charge in [-0.1, -0.05) is 23.3 Å². The summed E-state index contributed by atoms with van der Waals surface area (Å²) in [5.41, 5.74) is 0.244. The molecule has 1 aromatic heterocycles. The lowest BCUT2D eigenvalue weighted by Gasteiger charge is -2.42. The molecule has 2 aromatic rings. The van der Waals surface area contributed by atoms with Crippen molar-refractivity contribution in [3.63, 3.8) is 0 Å². The lowest BCUT2D eigenvalue weighted by Crippen LogP contribution is -2.46. The minimum Gasteiger partial charge on any atom is -0.508 e. The normalized spacial score (nSPS) is 24.9. The molecule has 4 atom stereocenters. The number of hydrogen-bond acceptors (Lipinski definition) is 8. The molecule has 1 aliphatic heterocycles. The first-order valence-corrected chi connectivity index (χ1v) is 14.0. The summed E-state index contributed by atoms with van der Waals surface area (Å²) < 4.78 is 45.6. The van der Waals surface area contributed by atoms with E-state index in [4.69, 9.17) is 16.3 Å². The Kier molecular flexibility index (Phi) is 6.95. The first kappa shape index (κ1) is 29.6. The minimum atomic E-state index is -4.79. The van der Waals surface area contributed by atoms with Gasteiger partial charge in [0.05, 0.1) is 24.0 Å². The van der Waals surface area contributed by atoms with Crippen molar-refractivity contribution >= 4 is 40.8 Å². The molecule has 0 spiro atoms. The highest BCUT2D eigenvalue weighted by Gasteiger charge is 2.58. The molecule has 0 saturated carbocycles. The summed E-state index contributed by atoms with van der Waals surface area (Å²) >= 11 is 6.18. The molecule has 1 fully saturated rings. The van der Waals surface area contributed by atoms with Gasteiger partial charge in [-0.3, -0.25) is 24.2 Å². The molecule has 0 radical (unpaired) electrons. The van der Waals surface area contributed by atoms with Gasteiger partial charge in [0.25, 0.3) is 11.8 Å². The monoisotopic (exact) mass is 627 g/mol. The Morgan fingerprint density at radius 1 is 1.09 bits per heavy atom. The maximum atomic E-state index is 14.1. The number of imide groups is 1. The maximum Gasteiger partial charge on any atom is 0.433 e. The van der Waals surface area contributed by atoms with E-state index in [-0.39, 0.29) is 46.1 Å². The molecule has 2 heterocycles. The van der Waals surface area contributed by atoms with Gasteiger partial charge >= 0.3 is 6.18 Å². The molecule has 3 aliphatic carbocycles. The number of rotatable bonds is 4. The Hall–Kier alpha value is -4.45. The highest BCUT2D eigenvalue weighted by molar-refractivity contribution is 6.33. The predicted octanol–water partition coefficient (Wildman–Crippen LogP) is 4.95. The van der Waals surface area contributed by atoms with Gasteiger partial charge < -0.3 is 9.84 Å². The number of aromatic hydroxyl groups is 1.